The molecule has 280 valence electrons. The number of fused-ring (bicyclic) bond motifs is 6. The topological polar surface area (TPSA) is 55.8 Å². The van der Waals surface area contributed by atoms with Crippen LogP contribution in [0.3, 0.4) is 0 Å². The van der Waals surface area contributed by atoms with Crippen LogP contribution in [0.4, 0.5) is 17.1 Å². The molecule has 0 aliphatic heterocycles. The Morgan fingerprint density at radius 2 is 0.945 bits per heavy atom. The number of ether oxygens (including phenoxy) is 2. The summed E-state index contributed by atoms with van der Waals surface area (Å²) in [6.07, 6.45) is -0.552. The number of benzene rings is 5. The van der Waals surface area contributed by atoms with Gasteiger partial charge in [0.25, 0.3) is 0 Å². The molecule has 55 heavy (non-hydrogen) atoms. The standard InChI is InChI=1S/C50H51NO4/c1-30(2)47(52)54-32(5)42(33(6)55-48(53)31(3)4)27-34-19-21-35(22-20-34)51(36-23-25-40-38-15-11-13-17-43(38)49(7,8)45(40)28-36)37-24-26-41-39-16-12-14-18-44(39)50(9,10)46(41)29-37/h11-26,28-29,32-33,42H,1,3,27H2,2,4-10H3. The molecule has 7 rings (SSSR count). The lowest BCUT2D eigenvalue weighted by atomic mass is 9.82. The van der Waals surface area contributed by atoms with Gasteiger partial charge in [0, 0.05) is 45.0 Å². The molecule has 0 fully saturated rings. The predicted octanol–water partition coefficient (Wildman–Crippen LogP) is 11.9. The van der Waals surface area contributed by atoms with Crippen LogP contribution in [-0.4, -0.2) is 24.1 Å². The average molecular weight is 730 g/mol. The first-order valence-electron chi connectivity index (χ1n) is 19.2. The minimum absolute atomic E-state index is 0.150. The van der Waals surface area contributed by atoms with Crippen molar-refractivity contribution < 1.29 is 19.1 Å². The van der Waals surface area contributed by atoms with E-state index in [2.05, 4.69) is 155 Å². The zero-order valence-electron chi connectivity index (χ0n) is 33.3. The van der Waals surface area contributed by atoms with Gasteiger partial charge in [-0.3, -0.25) is 0 Å². The lowest BCUT2D eigenvalue weighted by Crippen LogP contribution is -2.36. The van der Waals surface area contributed by atoms with Crippen LogP contribution in [0.5, 0.6) is 0 Å². The molecular formula is C50H51NO4. The quantitative estimate of drug-likeness (QED) is 0.100. The lowest BCUT2D eigenvalue weighted by Gasteiger charge is -2.31. The van der Waals surface area contributed by atoms with Crippen molar-refractivity contribution in [3.8, 4) is 22.3 Å². The molecule has 0 heterocycles. The Labute approximate surface area is 326 Å². The van der Waals surface area contributed by atoms with Gasteiger partial charge < -0.3 is 14.4 Å². The number of esters is 2. The minimum Gasteiger partial charge on any atom is -0.459 e. The number of carbonyl (C=O) groups is 2. The summed E-state index contributed by atoms with van der Waals surface area (Å²) in [5, 5.41) is 0. The van der Waals surface area contributed by atoms with Crippen LogP contribution in [0.2, 0.25) is 0 Å². The molecule has 0 N–H and O–H groups in total. The van der Waals surface area contributed by atoms with Crippen LogP contribution in [0.25, 0.3) is 22.3 Å². The number of hydrogen-bond donors (Lipinski definition) is 0. The van der Waals surface area contributed by atoms with E-state index in [1.165, 1.54) is 44.5 Å². The highest BCUT2D eigenvalue weighted by Crippen LogP contribution is 2.53. The molecule has 5 aromatic carbocycles. The first-order chi connectivity index (χ1) is 26.1. The van der Waals surface area contributed by atoms with Gasteiger partial charge in [-0.15, -0.1) is 0 Å². The molecule has 2 aliphatic carbocycles. The maximum Gasteiger partial charge on any atom is 0.333 e. The summed E-state index contributed by atoms with van der Waals surface area (Å²) < 4.78 is 11.6. The van der Waals surface area contributed by atoms with Crippen molar-refractivity contribution in [2.24, 2.45) is 5.92 Å². The van der Waals surface area contributed by atoms with Crippen LogP contribution in [0, 0.1) is 5.92 Å². The van der Waals surface area contributed by atoms with Gasteiger partial charge in [0.15, 0.2) is 0 Å². The summed E-state index contributed by atoms with van der Waals surface area (Å²) in [7, 11) is 0. The van der Waals surface area contributed by atoms with Crippen molar-refractivity contribution in [3.63, 3.8) is 0 Å². The van der Waals surface area contributed by atoms with Gasteiger partial charge in [-0.05, 0) is 121 Å². The molecule has 0 bridgehead atoms. The van der Waals surface area contributed by atoms with Gasteiger partial charge in [0.2, 0.25) is 0 Å². The maximum atomic E-state index is 12.6. The zero-order chi connectivity index (χ0) is 39.4. The van der Waals surface area contributed by atoms with Crippen molar-refractivity contribution in [1.29, 1.82) is 0 Å². The van der Waals surface area contributed by atoms with E-state index in [0.29, 0.717) is 17.6 Å². The maximum absolute atomic E-state index is 12.6. The molecule has 0 radical (unpaired) electrons. The molecule has 0 saturated carbocycles. The third-order valence-corrected chi connectivity index (χ3v) is 11.8. The van der Waals surface area contributed by atoms with Gasteiger partial charge in [0.1, 0.15) is 12.2 Å². The molecule has 0 aromatic heterocycles. The Hall–Kier alpha value is -5.68. The number of carbonyl (C=O) groups excluding carboxylic acids is 2. The predicted molar refractivity (Wildman–Crippen MR) is 224 cm³/mol. The number of nitrogens with zero attached hydrogens (tertiary/aromatic N) is 1. The van der Waals surface area contributed by atoms with Crippen molar-refractivity contribution in [1.82, 2.24) is 0 Å². The van der Waals surface area contributed by atoms with Crippen molar-refractivity contribution >= 4 is 29.0 Å². The smallest absolute Gasteiger partial charge is 0.333 e. The summed E-state index contributed by atoms with van der Waals surface area (Å²) in [4.78, 5) is 27.5. The summed E-state index contributed by atoms with van der Waals surface area (Å²) in [5.74, 6) is -1.25. The van der Waals surface area contributed by atoms with E-state index in [9.17, 15) is 9.59 Å². The van der Waals surface area contributed by atoms with Gasteiger partial charge in [-0.25, -0.2) is 9.59 Å². The molecule has 2 atom stereocenters. The molecule has 0 saturated heterocycles. The summed E-state index contributed by atoms with van der Waals surface area (Å²) in [5.41, 5.74) is 15.0. The van der Waals surface area contributed by atoms with E-state index in [1.807, 2.05) is 13.8 Å². The SMILES string of the molecule is C=C(C)C(=O)OC(C)C(Cc1ccc(N(c2ccc3c(c2)C(C)(C)c2ccccc2-3)c2ccc3c(c2)C(C)(C)c2ccccc2-3)cc1)C(C)OC(=O)C(=C)C. The van der Waals surface area contributed by atoms with E-state index in [1.54, 1.807) is 13.8 Å². The minimum atomic E-state index is -0.536. The molecule has 5 nitrogen and oxygen atoms in total. The van der Waals surface area contributed by atoms with Crippen molar-refractivity contribution in [3.05, 3.63) is 161 Å². The van der Waals surface area contributed by atoms with E-state index in [-0.39, 0.29) is 16.7 Å². The van der Waals surface area contributed by atoms with E-state index >= 15 is 0 Å². The Morgan fingerprint density at radius 3 is 1.36 bits per heavy atom. The largest absolute Gasteiger partial charge is 0.459 e. The van der Waals surface area contributed by atoms with Crippen molar-refractivity contribution in [2.75, 3.05) is 4.90 Å². The molecule has 0 spiro atoms. The molecule has 0 amide bonds. The number of rotatable bonds is 11. The van der Waals surface area contributed by atoms with E-state index in [0.717, 1.165) is 22.6 Å². The van der Waals surface area contributed by atoms with Gasteiger partial charge in [-0.2, -0.15) is 0 Å². The van der Waals surface area contributed by atoms with Crippen LogP contribution in [0.15, 0.2) is 133 Å². The van der Waals surface area contributed by atoms with Gasteiger partial charge >= 0.3 is 11.9 Å². The monoisotopic (exact) mass is 729 g/mol. The molecule has 2 aliphatic rings. The fourth-order valence-electron chi connectivity index (χ4n) is 8.59. The summed E-state index contributed by atoms with van der Waals surface area (Å²) in [6, 6.07) is 39.8. The normalized spacial score (nSPS) is 15.7. The second-order valence-corrected chi connectivity index (χ2v) is 16.5. The van der Waals surface area contributed by atoms with Crippen LogP contribution in [0.1, 0.15) is 83.2 Å². The van der Waals surface area contributed by atoms with E-state index < -0.39 is 24.1 Å². The first kappa shape index (κ1) is 37.6. The first-order valence-corrected chi connectivity index (χ1v) is 19.2. The highest BCUT2D eigenvalue weighted by Gasteiger charge is 2.38. The summed E-state index contributed by atoms with van der Waals surface area (Å²) >= 11 is 0. The fraction of sp³-hybridized carbons (Fsp3) is 0.280. The van der Waals surface area contributed by atoms with Crippen molar-refractivity contribution in [2.45, 2.75) is 84.8 Å². The fourth-order valence-corrected chi connectivity index (χ4v) is 8.59. The average Bonchev–Trinajstić information content (AvgIpc) is 3.53. The van der Waals surface area contributed by atoms with E-state index in [4.69, 9.17) is 9.47 Å². The second-order valence-electron chi connectivity index (χ2n) is 16.5. The van der Waals surface area contributed by atoms with Crippen LogP contribution >= 0.6 is 0 Å². The summed E-state index contributed by atoms with van der Waals surface area (Å²) in [6.45, 7) is 23.7. The van der Waals surface area contributed by atoms with Gasteiger partial charge in [-0.1, -0.05) is 114 Å². The molecule has 5 aromatic rings. The van der Waals surface area contributed by atoms with Crippen LogP contribution in [-0.2, 0) is 36.3 Å². The molecular weight excluding hydrogens is 679 g/mol. The second kappa shape index (κ2) is 14.2. The third kappa shape index (κ3) is 6.71. The Morgan fingerprint density at radius 1 is 0.564 bits per heavy atom. The molecule has 5 heteroatoms. The third-order valence-electron chi connectivity index (χ3n) is 11.8. The Bertz CT molecular complexity index is 2210. The van der Waals surface area contributed by atoms with Crippen LogP contribution < -0.4 is 4.90 Å². The number of hydrogen-bond acceptors (Lipinski definition) is 5. The van der Waals surface area contributed by atoms with Gasteiger partial charge in [0.05, 0.1) is 0 Å². The lowest BCUT2D eigenvalue weighted by molar-refractivity contribution is -0.154. The Kier molecular flexibility index (Phi) is 9.71. The highest BCUT2D eigenvalue weighted by molar-refractivity contribution is 5.89. The number of anilines is 3. The molecule has 2 unspecified atom stereocenters. The highest BCUT2D eigenvalue weighted by atomic mass is 16.6. The Balaban J connectivity index is 1.29. The zero-order valence-corrected chi connectivity index (χ0v) is 33.3.